The summed E-state index contributed by atoms with van der Waals surface area (Å²) in [4.78, 5) is 44.0. The number of carbonyl (C=O) groups excluding carboxylic acids is 1. The highest BCUT2D eigenvalue weighted by Crippen LogP contribution is 2.14. The molecule has 9 heteroatoms. The number of nitrogens with one attached hydrogen (secondary N) is 1. The second-order valence-electron chi connectivity index (χ2n) is 9.05. The van der Waals surface area contributed by atoms with Gasteiger partial charge in [0.05, 0.1) is 12.9 Å². The predicted octanol–water partition coefficient (Wildman–Crippen LogP) is 3.54. The molecule has 0 bridgehead atoms. The van der Waals surface area contributed by atoms with E-state index in [1.165, 1.54) is 10.6 Å². The van der Waals surface area contributed by atoms with Gasteiger partial charge in [-0.3, -0.25) is 14.2 Å². The first-order valence-electron chi connectivity index (χ1n) is 11.5. The van der Waals surface area contributed by atoms with Crippen LogP contribution < -0.4 is 16.6 Å². The fourth-order valence-electron chi connectivity index (χ4n) is 3.87. The van der Waals surface area contributed by atoms with Crippen molar-refractivity contribution in [2.24, 2.45) is 5.92 Å². The van der Waals surface area contributed by atoms with E-state index in [0.29, 0.717) is 18.0 Å². The highest BCUT2D eigenvalue weighted by Gasteiger charge is 2.20. The molecule has 0 unspecified atom stereocenters. The van der Waals surface area contributed by atoms with Crippen molar-refractivity contribution in [1.82, 2.24) is 18.7 Å². The van der Waals surface area contributed by atoms with Crippen LogP contribution in [-0.4, -0.2) is 24.6 Å². The average molecular weight is 478 g/mol. The van der Waals surface area contributed by atoms with Crippen LogP contribution in [0.5, 0.6) is 0 Å². The summed E-state index contributed by atoms with van der Waals surface area (Å²) in [6.07, 6.45) is 2.39. The van der Waals surface area contributed by atoms with Crippen LogP contribution >= 0.6 is 0 Å². The van der Waals surface area contributed by atoms with E-state index < -0.39 is 29.5 Å². The number of halogens is 1. The fraction of sp³-hybridized carbons (Fsp3) is 0.308. The van der Waals surface area contributed by atoms with Crippen LogP contribution in [0.15, 0.2) is 64.4 Å². The van der Waals surface area contributed by atoms with Crippen molar-refractivity contribution in [3.05, 3.63) is 92.6 Å². The Morgan fingerprint density at radius 1 is 1.09 bits per heavy atom. The minimum atomic E-state index is -0.634. The number of nitrogens with zero attached hydrogens (tertiary/aromatic N) is 4. The van der Waals surface area contributed by atoms with Gasteiger partial charge in [-0.25, -0.2) is 18.7 Å². The molecule has 2 aromatic carbocycles. The van der Waals surface area contributed by atoms with Crippen LogP contribution in [0.3, 0.4) is 0 Å². The number of hydrogen-bond acceptors (Lipinski definition) is 4. The maximum Gasteiger partial charge on any atom is 0.333 e. The van der Waals surface area contributed by atoms with Crippen LogP contribution in [-0.2, 0) is 24.4 Å². The molecule has 0 fully saturated rings. The molecule has 2 heterocycles. The van der Waals surface area contributed by atoms with Crippen molar-refractivity contribution in [2.75, 3.05) is 5.32 Å². The van der Waals surface area contributed by atoms with Crippen molar-refractivity contribution in [2.45, 2.75) is 46.8 Å². The third-order valence-electron chi connectivity index (χ3n) is 5.87. The molecule has 0 atom stereocenters. The lowest BCUT2D eigenvalue weighted by Gasteiger charge is -2.13. The van der Waals surface area contributed by atoms with Crippen molar-refractivity contribution in [3.8, 4) is 0 Å². The number of benzene rings is 2. The molecule has 0 aliphatic rings. The van der Waals surface area contributed by atoms with E-state index in [1.807, 2.05) is 30.3 Å². The summed E-state index contributed by atoms with van der Waals surface area (Å²) in [6, 6.07) is 13.7. The van der Waals surface area contributed by atoms with Gasteiger partial charge in [-0.2, -0.15) is 0 Å². The Bertz CT molecular complexity index is 1480. The Morgan fingerprint density at radius 3 is 2.51 bits per heavy atom. The van der Waals surface area contributed by atoms with Gasteiger partial charge >= 0.3 is 5.69 Å². The number of hydrogen-bond donors (Lipinski definition) is 1. The van der Waals surface area contributed by atoms with Crippen LogP contribution in [0.1, 0.15) is 31.4 Å². The molecule has 182 valence electrons. The summed E-state index contributed by atoms with van der Waals surface area (Å²) in [5.41, 5.74) is 0.895. The number of carbonyl (C=O) groups is 1. The SMILES string of the molecule is Cc1ccc(NC(=O)Cn2c(=O)c3c(ncn3CCC(C)C)n(Cc3ccccc3)c2=O)cc1F. The molecule has 0 saturated heterocycles. The van der Waals surface area contributed by atoms with Gasteiger partial charge in [0.15, 0.2) is 11.2 Å². The van der Waals surface area contributed by atoms with Crippen molar-refractivity contribution in [3.63, 3.8) is 0 Å². The molecule has 2 aromatic heterocycles. The van der Waals surface area contributed by atoms with Gasteiger partial charge in [-0.05, 0) is 42.5 Å². The minimum Gasteiger partial charge on any atom is -0.325 e. The maximum atomic E-state index is 13.9. The predicted molar refractivity (Wildman–Crippen MR) is 133 cm³/mol. The highest BCUT2D eigenvalue weighted by atomic mass is 19.1. The van der Waals surface area contributed by atoms with Gasteiger partial charge in [-0.15, -0.1) is 0 Å². The first kappa shape index (κ1) is 24.1. The second kappa shape index (κ2) is 10.1. The summed E-state index contributed by atoms with van der Waals surface area (Å²) in [5.74, 6) is -0.655. The molecule has 1 amide bonds. The van der Waals surface area contributed by atoms with E-state index in [9.17, 15) is 18.8 Å². The molecule has 0 aliphatic heterocycles. The Labute approximate surface area is 201 Å². The van der Waals surface area contributed by atoms with E-state index >= 15 is 0 Å². The van der Waals surface area contributed by atoms with Gasteiger partial charge in [0.25, 0.3) is 5.56 Å². The molecule has 0 spiro atoms. The summed E-state index contributed by atoms with van der Waals surface area (Å²) in [5, 5.41) is 2.57. The first-order chi connectivity index (χ1) is 16.7. The van der Waals surface area contributed by atoms with Crippen LogP contribution in [0, 0.1) is 18.7 Å². The summed E-state index contributed by atoms with van der Waals surface area (Å²) >= 11 is 0. The number of rotatable bonds is 8. The molecule has 8 nitrogen and oxygen atoms in total. The Balaban J connectivity index is 1.76. The van der Waals surface area contributed by atoms with Crippen molar-refractivity contribution < 1.29 is 9.18 Å². The lowest BCUT2D eigenvalue weighted by molar-refractivity contribution is -0.116. The maximum absolute atomic E-state index is 13.9. The van der Waals surface area contributed by atoms with E-state index in [1.54, 1.807) is 30.0 Å². The highest BCUT2D eigenvalue weighted by molar-refractivity contribution is 5.90. The molecule has 0 radical (unpaired) electrons. The number of imidazole rings is 1. The third kappa shape index (κ3) is 5.24. The molecule has 4 rings (SSSR count). The number of fused-ring (bicyclic) bond motifs is 1. The lowest BCUT2D eigenvalue weighted by Crippen LogP contribution is -2.43. The fourth-order valence-corrected chi connectivity index (χ4v) is 3.87. The van der Waals surface area contributed by atoms with E-state index in [2.05, 4.69) is 24.1 Å². The van der Waals surface area contributed by atoms with Gasteiger partial charge in [-0.1, -0.05) is 50.2 Å². The normalized spacial score (nSPS) is 11.3. The Morgan fingerprint density at radius 2 is 1.83 bits per heavy atom. The Hall–Kier alpha value is -4.01. The minimum absolute atomic E-state index is 0.197. The number of amides is 1. The van der Waals surface area contributed by atoms with E-state index in [4.69, 9.17) is 0 Å². The van der Waals surface area contributed by atoms with Crippen LogP contribution in [0.2, 0.25) is 0 Å². The molecule has 35 heavy (non-hydrogen) atoms. The molecule has 4 aromatic rings. The van der Waals surface area contributed by atoms with Crippen LogP contribution in [0.4, 0.5) is 10.1 Å². The zero-order valence-corrected chi connectivity index (χ0v) is 20.0. The van der Waals surface area contributed by atoms with Gasteiger partial charge in [0, 0.05) is 12.2 Å². The standard InChI is InChI=1S/C26H28FN5O3/c1-17(2)11-12-30-16-28-24-23(30)25(34)32(26(35)31(24)14-19-7-5-4-6-8-19)15-22(33)29-20-10-9-18(3)21(27)13-20/h4-10,13,16-17H,11-12,14-15H2,1-3H3,(H,29,33). The largest absolute Gasteiger partial charge is 0.333 e. The second-order valence-corrected chi connectivity index (χ2v) is 9.05. The summed E-state index contributed by atoms with van der Waals surface area (Å²) in [7, 11) is 0. The van der Waals surface area contributed by atoms with Crippen molar-refractivity contribution >= 4 is 22.8 Å². The first-order valence-corrected chi connectivity index (χ1v) is 11.5. The summed E-state index contributed by atoms with van der Waals surface area (Å²) < 4.78 is 18.0. The number of aromatic nitrogens is 4. The lowest BCUT2D eigenvalue weighted by atomic mass is 10.1. The monoisotopic (exact) mass is 477 g/mol. The number of anilines is 1. The van der Waals surface area contributed by atoms with Gasteiger partial charge < -0.3 is 9.88 Å². The van der Waals surface area contributed by atoms with Crippen molar-refractivity contribution in [1.29, 1.82) is 0 Å². The molecule has 0 aliphatic carbocycles. The van der Waals surface area contributed by atoms with E-state index in [0.717, 1.165) is 16.6 Å². The zero-order chi connectivity index (χ0) is 25.1. The third-order valence-corrected chi connectivity index (χ3v) is 5.87. The van der Waals surface area contributed by atoms with Gasteiger partial charge in [0.2, 0.25) is 5.91 Å². The van der Waals surface area contributed by atoms with E-state index in [-0.39, 0.29) is 23.4 Å². The van der Waals surface area contributed by atoms with Gasteiger partial charge in [0.1, 0.15) is 12.4 Å². The molecular formula is C26H28FN5O3. The zero-order valence-electron chi connectivity index (χ0n) is 20.0. The smallest absolute Gasteiger partial charge is 0.325 e. The summed E-state index contributed by atoms with van der Waals surface area (Å²) in [6.45, 7) is 6.03. The molecule has 0 saturated carbocycles. The Kier molecular flexibility index (Phi) is 6.95. The topological polar surface area (TPSA) is 90.9 Å². The quantitative estimate of drug-likeness (QED) is 0.420. The molecular weight excluding hydrogens is 449 g/mol. The number of aryl methyl sites for hydroxylation is 2. The average Bonchev–Trinajstić information content (AvgIpc) is 3.25. The molecule has 1 N–H and O–H groups in total. The van der Waals surface area contributed by atoms with Crippen LogP contribution in [0.25, 0.3) is 11.2 Å².